The van der Waals surface area contributed by atoms with E-state index in [1.807, 2.05) is 26.0 Å². The van der Waals surface area contributed by atoms with Gasteiger partial charge in [0.05, 0.1) is 0 Å². The third-order valence-corrected chi connectivity index (χ3v) is 2.40. The van der Waals surface area contributed by atoms with Crippen LogP contribution < -0.4 is 0 Å². The standard InChI is InChI=1S/C11H16O/c1-3-9(2)11(12)8-10-6-4-5-7-10/h3,8H,4-7H2,1-2H3. The number of hydrogen-bond acceptors (Lipinski definition) is 1. The third-order valence-electron chi connectivity index (χ3n) is 2.40. The van der Waals surface area contributed by atoms with E-state index < -0.39 is 0 Å². The molecule has 0 radical (unpaired) electrons. The maximum Gasteiger partial charge on any atom is 0.181 e. The Morgan fingerprint density at radius 3 is 2.42 bits per heavy atom. The van der Waals surface area contributed by atoms with Gasteiger partial charge in [0.15, 0.2) is 5.78 Å². The second-order valence-corrected chi connectivity index (χ2v) is 3.35. The van der Waals surface area contributed by atoms with E-state index in [0.29, 0.717) is 0 Å². The molecule has 0 amide bonds. The molecule has 0 aliphatic heterocycles. The Morgan fingerprint density at radius 2 is 1.92 bits per heavy atom. The Hall–Kier alpha value is -0.850. The first-order valence-corrected chi connectivity index (χ1v) is 4.60. The number of rotatable bonds is 2. The first-order valence-electron chi connectivity index (χ1n) is 4.60. The molecule has 1 aliphatic rings. The summed E-state index contributed by atoms with van der Waals surface area (Å²) < 4.78 is 0. The van der Waals surface area contributed by atoms with Gasteiger partial charge in [0.1, 0.15) is 0 Å². The molecule has 66 valence electrons. The maximum absolute atomic E-state index is 11.4. The van der Waals surface area contributed by atoms with Gasteiger partial charge in [-0.2, -0.15) is 0 Å². The van der Waals surface area contributed by atoms with E-state index >= 15 is 0 Å². The molecule has 12 heavy (non-hydrogen) atoms. The molecule has 0 unspecified atom stereocenters. The fraction of sp³-hybridized carbons (Fsp3) is 0.545. The smallest absolute Gasteiger partial charge is 0.181 e. The summed E-state index contributed by atoms with van der Waals surface area (Å²) in [4.78, 5) is 11.4. The van der Waals surface area contributed by atoms with E-state index in [9.17, 15) is 4.79 Å². The molecule has 0 saturated heterocycles. The van der Waals surface area contributed by atoms with Crippen LogP contribution in [-0.2, 0) is 4.79 Å². The fourth-order valence-corrected chi connectivity index (χ4v) is 1.41. The summed E-state index contributed by atoms with van der Waals surface area (Å²) in [5, 5.41) is 0. The second kappa shape index (κ2) is 4.24. The highest BCUT2D eigenvalue weighted by molar-refractivity contribution is 6.03. The minimum atomic E-state index is 0.189. The molecule has 0 spiro atoms. The molecule has 0 aromatic carbocycles. The van der Waals surface area contributed by atoms with E-state index in [-0.39, 0.29) is 5.78 Å². The van der Waals surface area contributed by atoms with Crippen molar-refractivity contribution in [2.45, 2.75) is 39.5 Å². The minimum absolute atomic E-state index is 0.189. The van der Waals surface area contributed by atoms with E-state index in [0.717, 1.165) is 18.4 Å². The van der Waals surface area contributed by atoms with Crippen molar-refractivity contribution in [2.24, 2.45) is 0 Å². The van der Waals surface area contributed by atoms with Crippen molar-refractivity contribution in [2.75, 3.05) is 0 Å². The zero-order valence-corrected chi connectivity index (χ0v) is 7.89. The molecule has 1 fully saturated rings. The molecule has 0 bridgehead atoms. The number of allylic oxidation sites excluding steroid dienone is 4. The van der Waals surface area contributed by atoms with Gasteiger partial charge in [-0.1, -0.05) is 11.6 Å². The lowest BCUT2D eigenvalue weighted by Crippen LogP contribution is -1.95. The number of carbonyl (C=O) groups is 1. The largest absolute Gasteiger partial charge is 0.290 e. The SMILES string of the molecule is CC=C(C)C(=O)C=C1CCCC1. The topological polar surface area (TPSA) is 17.1 Å². The van der Waals surface area contributed by atoms with Crippen molar-refractivity contribution in [3.8, 4) is 0 Å². The van der Waals surface area contributed by atoms with Gasteiger partial charge in [0.25, 0.3) is 0 Å². The van der Waals surface area contributed by atoms with Crippen LogP contribution in [0.2, 0.25) is 0 Å². The van der Waals surface area contributed by atoms with Crippen molar-refractivity contribution in [1.29, 1.82) is 0 Å². The van der Waals surface area contributed by atoms with Crippen molar-refractivity contribution >= 4 is 5.78 Å². The summed E-state index contributed by atoms with van der Waals surface area (Å²) in [7, 11) is 0. The number of carbonyl (C=O) groups excluding carboxylic acids is 1. The monoisotopic (exact) mass is 164 g/mol. The lowest BCUT2D eigenvalue weighted by atomic mass is 10.1. The van der Waals surface area contributed by atoms with Gasteiger partial charge in [0, 0.05) is 0 Å². The van der Waals surface area contributed by atoms with Gasteiger partial charge in [-0.05, 0) is 51.2 Å². The second-order valence-electron chi connectivity index (χ2n) is 3.35. The molecular weight excluding hydrogens is 148 g/mol. The molecule has 0 aromatic rings. The Bertz CT molecular complexity index is 225. The first kappa shape index (κ1) is 9.24. The molecule has 1 rings (SSSR count). The Morgan fingerprint density at radius 1 is 1.33 bits per heavy atom. The van der Waals surface area contributed by atoms with E-state index in [1.54, 1.807) is 0 Å². The van der Waals surface area contributed by atoms with Gasteiger partial charge in [-0.15, -0.1) is 0 Å². The normalized spacial score (nSPS) is 18.2. The molecule has 1 heteroatoms. The van der Waals surface area contributed by atoms with Crippen LogP contribution in [0, 0.1) is 0 Å². The van der Waals surface area contributed by atoms with Gasteiger partial charge >= 0.3 is 0 Å². The molecular formula is C11H16O. The highest BCUT2D eigenvalue weighted by Gasteiger charge is 2.08. The van der Waals surface area contributed by atoms with Crippen LogP contribution >= 0.6 is 0 Å². The summed E-state index contributed by atoms with van der Waals surface area (Å²) in [6.07, 6.45) is 8.46. The highest BCUT2D eigenvalue weighted by atomic mass is 16.1. The summed E-state index contributed by atoms with van der Waals surface area (Å²) in [5.41, 5.74) is 2.19. The average molecular weight is 164 g/mol. The molecule has 1 aliphatic carbocycles. The van der Waals surface area contributed by atoms with Crippen molar-refractivity contribution in [3.05, 3.63) is 23.3 Å². The van der Waals surface area contributed by atoms with Crippen LogP contribution in [0.5, 0.6) is 0 Å². The minimum Gasteiger partial charge on any atom is -0.290 e. The average Bonchev–Trinajstić information content (AvgIpc) is 2.55. The predicted molar refractivity (Wildman–Crippen MR) is 51.0 cm³/mol. The van der Waals surface area contributed by atoms with Crippen LogP contribution in [0.25, 0.3) is 0 Å². The Labute approximate surface area is 74.2 Å². The van der Waals surface area contributed by atoms with Crippen molar-refractivity contribution < 1.29 is 4.79 Å². The van der Waals surface area contributed by atoms with Crippen LogP contribution in [-0.4, -0.2) is 5.78 Å². The van der Waals surface area contributed by atoms with E-state index in [2.05, 4.69) is 0 Å². The Balaban J connectivity index is 2.60. The zero-order chi connectivity index (χ0) is 8.97. The van der Waals surface area contributed by atoms with Gasteiger partial charge in [-0.3, -0.25) is 4.79 Å². The molecule has 1 nitrogen and oxygen atoms in total. The lowest BCUT2D eigenvalue weighted by Gasteiger charge is -1.95. The van der Waals surface area contributed by atoms with Crippen LogP contribution in [0.1, 0.15) is 39.5 Å². The quantitative estimate of drug-likeness (QED) is 0.573. The zero-order valence-electron chi connectivity index (χ0n) is 7.89. The van der Waals surface area contributed by atoms with E-state index in [4.69, 9.17) is 0 Å². The van der Waals surface area contributed by atoms with Gasteiger partial charge in [0.2, 0.25) is 0 Å². The highest BCUT2D eigenvalue weighted by Crippen LogP contribution is 2.23. The van der Waals surface area contributed by atoms with Gasteiger partial charge in [-0.25, -0.2) is 0 Å². The molecule has 0 heterocycles. The summed E-state index contributed by atoms with van der Waals surface area (Å²) in [6.45, 7) is 3.77. The molecule has 0 aromatic heterocycles. The maximum atomic E-state index is 11.4. The van der Waals surface area contributed by atoms with Crippen LogP contribution in [0.4, 0.5) is 0 Å². The number of hydrogen-bond donors (Lipinski definition) is 0. The molecule has 0 N–H and O–H groups in total. The molecule has 1 saturated carbocycles. The van der Waals surface area contributed by atoms with Crippen molar-refractivity contribution in [3.63, 3.8) is 0 Å². The number of ketones is 1. The first-order chi connectivity index (χ1) is 5.74. The third kappa shape index (κ3) is 2.33. The van der Waals surface area contributed by atoms with Crippen LogP contribution in [0.3, 0.4) is 0 Å². The fourth-order valence-electron chi connectivity index (χ4n) is 1.41. The lowest BCUT2D eigenvalue weighted by molar-refractivity contribution is -0.111. The van der Waals surface area contributed by atoms with Crippen molar-refractivity contribution in [1.82, 2.24) is 0 Å². The predicted octanol–water partition coefficient (Wildman–Crippen LogP) is 3.02. The summed E-state index contributed by atoms with van der Waals surface area (Å²) >= 11 is 0. The Kier molecular flexibility index (Phi) is 3.27. The summed E-state index contributed by atoms with van der Waals surface area (Å²) in [6, 6.07) is 0. The van der Waals surface area contributed by atoms with Gasteiger partial charge < -0.3 is 0 Å². The van der Waals surface area contributed by atoms with Crippen LogP contribution in [0.15, 0.2) is 23.3 Å². The summed E-state index contributed by atoms with van der Waals surface area (Å²) in [5.74, 6) is 0.189. The molecule has 0 atom stereocenters. The van der Waals surface area contributed by atoms with E-state index in [1.165, 1.54) is 18.4 Å².